The Labute approximate surface area is 101 Å². The van der Waals surface area contributed by atoms with Crippen molar-refractivity contribution in [1.82, 2.24) is 0 Å². The second-order valence-electron chi connectivity index (χ2n) is 3.25. The highest BCUT2D eigenvalue weighted by Gasteiger charge is 2.22. The molecule has 0 unspecified atom stereocenters. The Bertz CT molecular complexity index is 440. The van der Waals surface area contributed by atoms with E-state index in [0.29, 0.717) is 11.6 Å². The summed E-state index contributed by atoms with van der Waals surface area (Å²) in [5, 5.41) is 6.53. The summed E-state index contributed by atoms with van der Waals surface area (Å²) in [6.45, 7) is 0. The summed E-state index contributed by atoms with van der Waals surface area (Å²) in [4.78, 5) is 21.4. The number of rotatable bonds is 4. The van der Waals surface area contributed by atoms with Crippen LogP contribution in [0.4, 0.5) is 0 Å². The van der Waals surface area contributed by atoms with Gasteiger partial charge in [-0.15, -0.1) is 0 Å². The zero-order valence-electron chi connectivity index (χ0n) is 8.87. The van der Waals surface area contributed by atoms with Crippen LogP contribution in [0.1, 0.15) is 5.56 Å². The number of hydrogen-bond acceptors (Lipinski definition) is 3. The highest BCUT2D eigenvalue weighted by Crippen LogP contribution is 2.18. The maximum atomic E-state index is 11.2. The number of carboxylic acid groups (broad SMARTS) is 1. The van der Waals surface area contributed by atoms with Crippen LogP contribution in [-0.4, -0.2) is 32.7 Å². The molecule has 0 aliphatic rings. The molecule has 17 heavy (non-hydrogen) atoms. The summed E-state index contributed by atoms with van der Waals surface area (Å²) in [5.74, 6) is -2.19. The minimum absolute atomic E-state index is 0.400. The minimum atomic E-state index is -1.79. The molecular weight excluding hydrogens is 218 g/mol. The largest absolute Gasteiger partial charge is 0.478 e. The van der Waals surface area contributed by atoms with Crippen molar-refractivity contribution < 1.29 is 19.4 Å². The third kappa shape index (κ3) is 4.18. The van der Waals surface area contributed by atoms with Crippen LogP contribution < -0.4 is 0 Å². The molecule has 0 heterocycles. The molecule has 0 fully saturated rings. The Balaban J connectivity index is 2.74. The Kier molecular flexibility index (Phi) is 4.15. The van der Waals surface area contributed by atoms with E-state index in [9.17, 15) is 9.59 Å². The van der Waals surface area contributed by atoms with Crippen LogP contribution >= 0.6 is 0 Å². The van der Waals surface area contributed by atoms with Gasteiger partial charge in [-0.2, -0.15) is 0 Å². The number of benzene rings is 1. The van der Waals surface area contributed by atoms with Crippen LogP contribution in [0.2, 0.25) is 0 Å². The molecule has 1 aromatic rings. The Morgan fingerprint density at radius 1 is 1.18 bits per heavy atom. The monoisotopic (exact) mass is 226 g/mol. The predicted octanol–water partition coefficient (Wildman–Crippen LogP) is 0.318. The summed E-state index contributed by atoms with van der Waals surface area (Å²) in [7, 11) is 11.2. The van der Waals surface area contributed by atoms with E-state index in [-0.39, 0.29) is 0 Å². The average molecular weight is 226 g/mol. The standard InChI is InChI=1S/C11H8B2O4/c12-11(13,8-4-2-1-3-5-8)17-10(16)7-6-9(14)15/h1-7H,(H,14,15)/b7-6+. The molecule has 82 valence electrons. The van der Waals surface area contributed by atoms with E-state index < -0.39 is 17.3 Å². The minimum Gasteiger partial charge on any atom is -0.478 e. The molecule has 4 nitrogen and oxygen atoms in total. The lowest BCUT2D eigenvalue weighted by Crippen LogP contribution is -2.32. The fourth-order valence-electron chi connectivity index (χ4n) is 1.10. The Morgan fingerprint density at radius 3 is 2.29 bits per heavy atom. The van der Waals surface area contributed by atoms with Crippen molar-refractivity contribution >= 4 is 27.6 Å². The molecule has 0 spiro atoms. The van der Waals surface area contributed by atoms with E-state index in [1.807, 2.05) is 0 Å². The molecule has 0 saturated heterocycles. The van der Waals surface area contributed by atoms with Gasteiger partial charge in [-0.05, 0) is 5.56 Å². The van der Waals surface area contributed by atoms with Crippen LogP contribution in [0.3, 0.4) is 0 Å². The number of hydrogen-bond donors (Lipinski definition) is 1. The molecule has 1 N–H and O–H groups in total. The van der Waals surface area contributed by atoms with E-state index in [1.54, 1.807) is 30.3 Å². The molecule has 1 aromatic carbocycles. The number of carbonyl (C=O) groups is 2. The number of aliphatic carboxylic acids is 1. The van der Waals surface area contributed by atoms with Crippen molar-refractivity contribution in [2.24, 2.45) is 0 Å². The molecular formula is C11H8B2O4. The van der Waals surface area contributed by atoms with Crippen molar-refractivity contribution in [2.75, 3.05) is 0 Å². The molecule has 0 aliphatic carbocycles. The van der Waals surface area contributed by atoms with Crippen molar-refractivity contribution in [3.63, 3.8) is 0 Å². The first kappa shape index (κ1) is 13.1. The SMILES string of the molecule is [B]C([B])(OC(=O)/C=C/C(=O)O)c1ccccc1. The number of carbonyl (C=O) groups excluding carboxylic acids is 1. The van der Waals surface area contributed by atoms with E-state index in [0.717, 1.165) is 6.08 Å². The summed E-state index contributed by atoms with van der Waals surface area (Å²) < 4.78 is 4.74. The van der Waals surface area contributed by atoms with Crippen molar-refractivity contribution in [3.05, 3.63) is 48.0 Å². The highest BCUT2D eigenvalue weighted by molar-refractivity contribution is 6.39. The fraction of sp³-hybridized carbons (Fsp3) is 0.0909. The quantitative estimate of drug-likeness (QED) is 0.456. The number of ether oxygens (including phenoxy) is 1. The third-order valence-electron chi connectivity index (χ3n) is 1.86. The normalized spacial score (nSPS) is 11.3. The number of carboxylic acids is 1. The predicted molar refractivity (Wildman–Crippen MR) is 62.5 cm³/mol. The van der Waals surface area contributed by atoms with Gasteiger partial charge in [0.1, 0.15) is 15.7 Å². The smallest absolute Gasteiger partial charge is 0.330 e. The van der Waals surface area contributed by atoms with Gasteiger partial charge in [0, 0.05) is 12.2 Å². The Hall–Kier alpha value is -1.97. The van der Waals surface area contributed by atoms with E-state index in [2.05, 4.69) is 0 Å². The maximum Gasteiger partial charge on any atom is 0.330 e. The lowest BCUT2D eigenvalue weighted by molar-refractivity contribution is -0.142. The molecule has 0 atom stereocenters. The van der Waals surface area contributed by atoms with E-state index in [4.69, 9.17) is 25.5 Å². The van der Waals surface area contributed by atoms with Crippen molar-refractivity contribution in [2.45, 2.75) is 5.40 Å². The average Bonchev–Trinajstić information content (AvgIpc) is 2.27. The van der Waals surface area contributed by atoms with Crippen LogP contribution in [0.25, 0.3) is 0 Å². The summed E-state index contributed by atoms with van der Waals surface area (Å²) in [6, 6.07) is 8.31. The molecule has 6 heteroatoms. The first-order chi connectivity index (χ1) is 7.92. The molecule has 0 bridgehead atoms. The van der Waals surface area contributed by atoms with E-state index >= 15 is 0 Å². The van der Waals surface area contributed by atoms with Gasteiger partial charge in [0.05, 0.1) is 5.40 Å². The van der Waals surface area contributed by atoms with Crippen LogP contribution in [0.15, 0.2) is 42.5 Å². The van der Waals surface area contributed by atoms with Crippen molar-refractivity contribution in [3.8, 4) is 0 Å². The zero-order valence-corrected chi connectivity index (χ0v) is 8.87. The summed E-state index contributed by atoms with van der Waals surface area (Å²) in [6.07, 6.45) is 1.38. The van der Waals surface area contributed by atoms with Crippen LogP contribution in [0.5, 0.6) is 0 Å². The van der Waals surface area contributed by atoms with Gasteiger partial charge >= 0.3 is 11.9 Å². The zero-order chi connectivity index (χ0) is 12.9. The summed E-state index contributed by atoms with van der Waals surface area (Å²) in [5.41, 5.74) is 0.400. The topological polar surface area (TPSA) is 63.6 Å². The van der Waals surface area contributed by atoms with Gasteiger partial charge < -0.3 is 9.84 Å². The van der Waals surface area contributed by atoms with Crippen molar-refractivity contribution in [1.29, 1.82) is 0 Å². The fourth-order valence-corrected chi connectivity index (χ4v) is 1.10. The van der Waals surface area contributed by atoms with Gasteiger partial charge in [-0.25, -0.2) is 9.59 Å². The van der Waals surface area contributed by atoms with Crippen LogP contribution in [0, 0.1) is 0 Å². The van der Waals surface area contributed by atoms with Gasteiger partial charge in [0.2, 0.25) is 0 Å². The summed E-state index contributed by atoms with van der Waals surface area (Å²) >= 11 is 0. The first-order valence-corrected chi connectivity index (χ1v) is 4.69. The molecule has 0 aliphatic heterocycles. The molecule has 0 saturated carbocycles. The Morgan fingerprint density at radius 2 is 1.76 bits per heavy atom. The van der Waals surface area contributed by atoms with Gasteiger partial charge in [-0.3, -0.25) is 0 Å². The number of esters is 1. The van der Waals surface area contributed by atoms with Crippen LogP contribution in [-0.2, 0) is 19.7 Å². The lowest BCUT2D eigenvalue weighted by Gasteiger charge is -2.26. The van der Waals surface area contributed by atoms with E-state index in [1.165, 1.54) is 0 Å². The second kappa shape index (κ2) is 5.39. The molecule has 4 radical (unpaired) electrons. The lowest BCUT2D eigenvalue weighted by atomic mass is 9.61. The second-order valence-corrected chi connectivity index (χ2v) is 3.25. The molecule has 1 rings (SSSR count). The molecule has 0 aromatic heterocycles. The first-order valence-electron chi connectivity index (χ1n) is 4.69. The van der Waals surface area contributed by atoms with Gasteiger partial charge in [-0.1, -0.05) is 30.3 Å². The van der Waals surface area contributed by atoms with Gasteiger partial charge in [0.25, 0.3) is 0 Å². The molecule has 0 amide bonds. The highest BCUT2D eigenvalue weighted by atomic mass is 16.5. The third-order valence-corrected chi connectivity index (χ3v) is 1.86. The van der Waals surface area contributed by atoms with Gasteiger partial charge in [0.15, 0.2) is 0 Å². The maximum absolute atomic E-state index is 11.2.